The molecule has 0 unspecified atom stereocenters. The van der Waals surface area contributed by atoms with Crippen molar-refractivity contribution in [1.82, 2.24) is 19.6 Å². The van der Waals surface area contributed by atoms with E-state index in [2.05, 4.69) is 20.5 Å². The summed E-state index contributed by atoms with van der Waals surface area (Å²) in [5.74, 6) is -0.00193. The molecule has 3 heterocycles. The van der Waals surface area contributed by atoms with Crippen LogP contribution in [0.15, 0.2) is 29.4 Å². The summed E-state index contributed by atoms with van der Waals surface area (Å²) >= 11 is 1.15. The normalized spacial score (nSPS) is 14.4. The van der Waals surface area contributed by atoms with E-state index in [-0.39, 0.29) is 11.4 Å². The number of nitrogens with zero attached hydrogens (tertiary/aromatic N) is 5. The van der Waals surface area contributed by atoms with Crippen LogP contribution >= 0.6 is 11.8 Å². The standard InChI is InChI=1S/C20H21F3N6OS/c1-12-9-13(2)29-18(24-12)26-27-19(29)31-11-17(30)25-15-10-14(20(21,22)23)5-6-16(15)28-7-3-4-8-28/h5-6,9-10H,3-4,7-8,11H2,1-2H3,(H,25,30). The fourth-order valence-corrected chi connectivity index (χ4v) is 4.44. The highest BCUT2D eigenvalue weighted by molar-refractivity contribution is 7.99. The second kappa shape index (κ2) is 8.37. The molecule has 0 atom stereocenters. The molecule has 1 aromatic carbocycles. The molecule has 1 aliphatic rings. The Morgan fingerprint density at radius 1 is 1.16 bits per heavy atom. The molecular weight excluding hydrogens is 429 g/mol. The average Bonchev–Trinajstić information content (AvgIpc) is 3.35. The zero-order chi connectivity index (χ0) is 22.2. The van der Waals surface area contributed by atoms with Crippen molar-refractivity contribution in [2.75, 3.05) is 29.1 Å². The fourth-order valence-electron chi connectivity index (χ4n) is 3.66. The van der Waals surface area contributed by atoms with E-state index >= 15 is 0 Å². The summed E-state index contributed by atoms with van der Waals surface area (Å²) in [5, 5.41) is 11.3. The number of amides is 1. The van der Waals surface area contributed by atoms with Gasteiger partial charge in [0.15, 0.2) is 5.16 Å². The lowest BCUT2D eigenvalue weighted by Gasteiger charge is -2.23. The third kappa shape index (κ3) is 4.60. The first-order valence-electron chi connectivity index (χ1n) is 9.80. The molecule has 7 nitrogen and oxygen atoms in total. The van der Waals surface area contributed by atoms with E-state index in [0.717, 1.165) is 61.2 Å². The third-order valence-corrected chi connectivity index (χ3v) is 5.97. The van der Waals surface area contributed by atoms with E-state index in [0.29, 0.717) is 16.6 Å². The van der Waals surface area contributed by atoms with Gasteiger partial charge in [-0.2, -0.15) is 13.2 Å². The molecule has 0 aliphatic carbocycles. The predicted octanol–water partition coefficient (Wildman–Crippen LogP) is 4.09. The van der Waals surface area contributed by atoms with Crippen molar-refractivity contribution in [2.24, 2.45) is 0 Å². The van der Waals surface area contributed by atoms with Gasteiger partial charge in [0, 0.05) is 24.5 Å². The molecule has 1 amide bonds. The maximum atomic E-state index is 13.2. The van der Waals surface area contributed by atoms with Gasteiger partial charge in [-0.1, -0.05) is 11.8 Å². The molecule has 0 bridgehead atoms. The van der Waals surface area contributed by atoms with Crippen molar-refractivity contribution in [3.8, 4) is 0 Å². The van der Waals surface area contributed by atoms with Crippen LogP contribution < -0.4 is 10.2 Å². The van der Waals surface area contributed by atoms with Gasteiger partial charge in [0.25, 0.3) is 5.78 Å². The number of carbonyl (C=O) groups is 1. The number of alkyl halides is 3. The van der Waals surface area contributed by atoms with E-state index in [4.69, 9.17) is 0 Å². The highest BCUT2D eigenvalue weighted by Crippen LogP contribution is 2.36. The third-order valence-electron chi connectivity index (χ3n) is 5.04. The number of rotatable bonds is 5. The Bertz CT molecular complexity index is 1120. The van der Waals surface area contributed by atoms with Crippen LogP contribution in [0.4, 0.5) is 24.5 Å². The Hall–Kier alpha value is -2.82. The molecule has 3 aromatic rings. The van der Waals surface area contributed by atoms with Gasteiger partial charge in [0.05, 0.1) is 22.7 Å². The first-order valence-corrected chi connectivity index (χ1v) is 10.8. The Morgan fingerprint density at radius 2 is 1.90 bits per heavy atom. The van der Waals surface area contributed by atoms with Crippen LogP contribution in [0.2, 0.25) is 0 Å². The molecule has 31 heavy (non-hydrogen) atoms. The van der Waals surface area contributed by atoms with Gasteiger partial charge in [-0.15, -0.1) is 10.2 Å². The van der Waals surface area contributed by atoms with E-state index in [9.17, 15) is 18.0 Å². The van der Waals surface area contributed by atoms with Crippen LogP contribution in [0.1, 0.15) is 29.8 Å². The van der Waals surface area contributed by atoms with Gasteiger partial charge in [-0.3, -0.25) is 9.20 Å². The summed E-state index contributed by atoms with van der Waals surface area (Å²) in [6.45, 7) is 5.25. The lowest BCUT2D eigenvalue weighted by atomic mass is 10.1. The molecule has 164 valence electrons. The number of fused-ring (bicyclic) bond motifs is 1. The maximum absolute atomic E-state index is 13.2. The minimum Gasteiger partial charge on any atom is -0.370 e. The largest absolute Gasteiger partial charge is 0.416 e. The van der Waals surface area contributed by atoms with Crippen LogP contribution in [0.5, 0.6) is 0 Å². The Morgan fingerprint density at radius 3 is 2.61 bits per heavy atom. The van der Waals surface area contributed by atoms with Crippen molar-refractivity contribution >= 4 is 34.8 Å². The number of thioether (sulfide) groups is 1. The zero-order valence-corrected chi connectivity index (χ0v) is 17.8. The highest BCUT2D eigenvalue weighted by atomic mass is 32.2. The van der Waals surface area contributed by atoms with Crippen molar-refractivity contribution in [3.05, 3.63) is 41.2 Å². The molecular formula is C20H21F3N6OS. The number of benzene rings is 1. The predicted molar refractivity (Wildman–Crippen MR) is 113 cm³/mol. The quantitative estimate of drug-likeness (QED) is 0.590. The summed E-state index contributed by atoms with van der Waals surface area (Å²) in [7, 11) is 0. The summed E-state index contributed by atoms with van der Waals surface area (Å²) in [6.07, 6.45) is -2.55. The average molecular weight is 450 g/mol. The molecule has 1 saturated heterocycles. The van der Waals surface area contributed by atoms with Gasteiger partial charge in [0.1, 0.15) is 0 Å². The Labute approximate surface area is 181 Å². The van der Waals surface area contributed by atoms with Gasteiger partial charge < -0.3 is 10.2 Å². The number of nitrogens with one attached hydrogen (secondary N) is 1. The molecule has 0 spiro atoms. The Kier molecular flexibility index (Phi) is 5.78. The molecule has 0 radical (unpaired) electrons. The lowest BCUT2D eigenvalue weighted by molar-refractivity contribution is -0.137. The first-order chi connectivity index (χ1) is 14.7. The monoisotopic (exact) mass is 450 g/mol. The van der Waals surface area contributed by atoms with E-state index in [1.54, 1.807) is 4.40 Å². The number of anilines is 2. The minimum atomic E-state index is -4.49. The SMILES string of the molecule is Cc1cc(C)n2c(SCC(=O)Nc3cc(C(F)(F)F)ccc3N3CCCC3)nnc2n1. The second-order valence-electron chi connectivity index (χ2n) is 7.42. The van der Waals surface area contributed by atoms with Gasteiger partial charge in [0.2, 0.25) is 5.91 Å². The number of hydrogen-bond donors (Lipinski definition) is 1. The number of hydrogen-bond acceptors (Lipinski definition) is 6. The summed E-state index contributed by atoms with van der Waals surface area (Å²) in [6, 6.07) is 5.36. The van der Waals surface area contributed by atoms with Crippen LogP contribution in [-0.2, 0) is 11.0 Å². The van der Waals surface area contributed by atoms with Crippen molar-refractivity contribution < 1.29 is 18.0 Å². The summed E-state index contributed by atoms with van der Waals surface area (Å²) in [4.78, 5) is 18.9. The highest BCUT2D eigenvalue weighted by Gasteiger charge is 2.32. The van der Waals surface area contributed by atoms with Crippen molar-refractivity contribution in [2.45, 2.75) is 38.0 Å². The summed E-state index contributed by atoms with van der Waals surface area (Å²) < 4.78 is 41.4. The topological polar surface area (TPSA) is 75.4 Å². The summed E-state index contributed by atoms with van der Waals surface area (Å²) in [5.41, 5.74) is 1.67. The van der Waals surface area contributed by atoms with E-state index in [1.807, 2.05) is 24.8 Å². The number of aromatic nitrogens is 4. The van der Waals surface area contributed by atoms with Crippen LogP contribution in [-0.4, -0.2) is 44.3 Å². The molecule has 1 fully saturated rings. The molecule has 4 rings (SSSR count). The van der Waals surface area contributed by atoms with Gasteiger partial charge in [-0.25, -0.2) is 4.98 Å². The van der Waals surface area contributed by atoms with E-state index in [1.165, 1.54) is 6.07 Å². The van der Waals surface area contributed by atoms with E-state index < -0.39 is 17.6 Å². The zero-order valence-electron chi connectivity index (χ0n) is 17.0. The number of carbonyl (C=O) groups excluding carboxylic acids is 1. The molecule has 1 N–H and O–H groups in total. The molecule has 0 saturated carbocycles. The van der Waals surface area contributed by atoms with Crippen LogP contribution in [0.25, 0.3) is 5.78 Å². The first kappa shape index (κ1) is 21.4. The molecule has 11 heteroatoms. The fraction of sp³-hybridized carbons (Fsp3) is 0.400. The molecule has 2 aromatic heterocycles. The van der Waals surface area contributed by atoms with Crippen LogP contribution in [0, 0.1) is 13.8 Å². The minimum absolute atomic E-state index is 0.0240. The molecule has 1 aliphatic heterocycles. The van der Waals surface area contributed by atoms with Gasteiger partial charge >= 0.3 is 6.18 Å². The number of halogens is 3. The maximum Gasteiger partial charge on any atom is 0.416 e. The number of aryl methyl sites for hydroxylation is 2. The van der Waals surface area contributed by atoms with Crippen molar-refractivity contribution in [3.63, 3.8) is 0 Å². The smallest absolute Gasteiger partial charge is 0.370 e. The van der Waals surface area contributed by atoms with Crippen molar-refractivity contribution in [1.29, 1.82) is 0 Å². The van der Waals surface area contributed by atoms with Crippen LogP contribution in [0.3, 0.4) is 0 Å². The van der Waals surface area contributed by atoms with Gasteiger partial charge in [-0.05, 0) is 51.0 Å². The second-order valence-corrected chi connectivity index (χ2v) is 8.36. The lowest BCUT2D eigenvalue weighted by Crippen LogP contribution is -2.22. The Balaban J connectivity index is 1.53.